The molecule has 1 unspecified atom stereocenters. The predicted molar refractivity (Wildman–Crippen MR) is 132 cm³/mol. The molecule has 0 N–H and O–H groups in total. The molecule has 4 aromatic rings. The summed E-state index contributed by atoms with van der Waals surface area (Å²) in [5.41, 5.74) is 5.37. The van der Waals surface area contributed by atoms with Crippen LogP contribution in [0.15, 0.2) is 72.9 Å². The van der Waals surface area contributed by atoms with Crippen LogP contribution in [0, 0.1) is 0 Å². The second-order valence-corrected chi connectivity index (χ2v) is 8.69. The van der Waals surface area contributed by atoms with Crippen molar-refractivity contribution < 1.29 is 9.47 Å². The van der Waals surface area contributed by atoms with E-state index in [2.05, 4.69) is 58.8 Å². The van der Waals surface area contributed by atoms with Crippen LogP contribution < -0.4 is 9.47 Å². The van der Waals surface area contributed by atoms with E-state index >= 15 is 0 Å². The van der Waals surface area contributed by atoms with Gasteiger partial charge in [-0.2, -0.15) is 0 Å². The Kier molecular flexibility index (Phi) is 6.31. The Bertz CT molecular complexity index is 1210. The molecule has 33 heavy (non-hydrogen) atoms. The highest BCUT2D eigenvalue weighted by atomic mass is 16.5. The lowest BCUT2D eigenvalue weighted by molar-refractivity contribution is 0.172. The number of nitrogens with zero attached hydrogens (tertiary/aromatic N) is 3. The number of pyridine rings is 1. The van der Waals surface area contributed by atoms with Gasteiger partial charge in [-0.05, 0) is 68.8 Å². The number of fused-ring (bicyclic) bond motifs is 1. The van der Waals surface area contributed by atoms with Gasteiger partial charge in [0.05, 0.1) is 18.5 Å². The van der Waals surface area contributed by atoms with Crippen molar-refractivity contribution in [2.45, 2.75) is 38.8 Å². The zero-order chi connectivity index (χ0) is 22.6. The minimum atomic E-state index is 0.276. The lowest BCUT2D eigenvalue weighted by Crippen LogP contribution is -2.33. The van der Waals surface area contributed by atoms with Crippen molar-refractivity contribution in [1.29, 1.82) is 0 Å². The predicted octanol–water partition coefficient (Wildman–Crippen LogP) is 6.14. The zero-order valence-electron chi connectivity index (χ0n) is 19.4. The number of imidazole rings is 1. The summed E-state index contributed by atoms with van der Waals surface area (Å²) < 4.78 is 14.0. The van der Waals surface area contributed by atoms with E-state index in [-0.39, 0.29) is 6.04 Å². The molecular weight excluding hydrogens is 410 g/mol. The number of piperidine rings is 1. The summed E-state index contributed by atoms with van der Waals surface area (Å²) in [5.74, 6) is 1.46. The summed E-state index contributed by atoms with van der Waals surface area (Å²) in [5, 5.41) is 0. The number of hydrogen-bond acceptors (Lipinski definition) is 4. The third-order valence-corrected chi connectivity index (χ3v) is 6.58. The first-order chi connectivity index (χ1) is 16.2. The van der Waals surface area contributed by atoms with Gasteiger partial charge >= 0.3 is 0 Å². The molecule has 170 valence electrons. The van der Waals surface area contributed by atoms with Crippen molar-refractivity contribution in [3.05, 3.63) is 84.2 Å². The molecule has 0 radical (unpaired) electrons. The van der Waals surface area contributed by atoms with Gasteiger partial charge in [0.2, 0.25) is 0 Å². The molecule has 2 aromatic carbocycles. The Hall–Kier alpha value is -3.31. The number of aromatic nitrogens is 2. The third kappa shape index (κ3) is 4.46. The second kappa shape index (κ2) is 9.67. The first-order valence-corrected chi connectivity index (χ1v) is 11.8. The maximum absolute atomic E-state index is 6.08. The molecule has 1 aliphatic rings. The van der Waals surface area contributed by atoms with Gasteiger partial charge in [0.15, 0.2) is 11.5 Å². The minimum absolute atomic E-state index is 0.276. The second-order valence-electron chi connectivity index (χ2n) is 8.69. The summed E-state index contributed by atoms with van der Waals surface area (Å²) in [6, 6.07) is 22.8. The monoisotopic (exact) mass is 441 g/mol. The smallest absolute Gasteiger partial charge is 0.161 e. The van der Waals surface area contributed by atoms with Crippen molar-refractivity contribution in [3.63, 3.8) is 0 Å². The molecule has 0 spiro atoms. The average Bonchev–Trinajstić information content (AvgIpc) is 3.27. The summed E-state index contributed by atoms with van der Waals surface area (Å²) in [6.45, 7) is 5.08. The molecule has 0 bridgehead atoms. The molecule has 0 aliphatic carbocycles. The number of likely N-dealkylation sites (tertiary alicyclic amines) is 1. The molecule has 2 aromatic heterocycles. The van der Waals surface area contributed by atoms with Crippen LogP contribution >= 0.6 is 0 Å². The molecule has 5 rings (SSSR count). The van der Waals surface area contributed by atoms with Gasteiger partial charge in [0.1, 0.15) is 12.3 Å². The molecule has 5 heteroatoms. The SMILES string of the molecule is COc1cc(-c2nc3ccccn3c2C(C)N2CCCCC2)ccc1OCc1ccccc1. The Balaban J connectivity index is 1.50. The summed E-state index contributed by atoms with van der Waals surface area (Å²) >= 11 is 0. The summed E-state index contributed by atoms with van der Waals surface area (Å²) in [7, 11) is 1.69. The van der Waals surface area contributed by atoms with Gasteiger partial charge in [0, 0.05) is 17.8 Å². The van der Waals surface area contributed by atoms with E-state index < -0.39 is 0 Å². The van der Waals surface area contributed by atoms with Crippen LogP contribution in [0.4, 0.5) is 0 Å². The molecule has 1 fully saturated rings. The number of benzene rings is 2. The Morgan fingerprint density at radius 2 is 1.70 bits per heavy atom. The number of methoxy groups -OCH3 is 1. The molecule has 0 amide bonds. The van der Waals surface area contributed by atoms with E-state index in [1.807, 2.05) is 30.3 Å². The maximum Gasteiger partial charge on any atom is 0.161 e. The molecule has 5 nitrogen and oxygen atoms in total. The summed E-state index contributed by atoms with van der Waals surface area (Å²) in [4.78, 5) is 7.62. The van der Waals surface area contributed by atoms with Crippen molar-refractivity contribution in [1.82, 2.24) is 14.3 Å². The highest BCUT2D eigenvalue weighted by Crippen LogP contribution is 2.37. The van der Waals surface area contributed by atoms with E-state index in [9.17, 15) is 0 Å². The van der Waals surface area contributed by atoms with E-state index in [0.29, 0.717) is 6.61 Å². The average molecular weight is 442 g/mol. The Morgan fingerprint density at radius 1 is 0.909 bits per heavy atom. The van der Waals surface area contributed by atoms with Crippen molar-refractivity contribution in [2.24, 2.45) is 0 Å². The van der Waals surface area contributed by atoms with E-state index in [0.717, 1.165) is 47.1 Å². The topological polar surface area (TPSA) is 39.0 Å². The first-order valence-electron chi connectivity index (χ1n) is 11.8. The van der Waals surface area contributed by atoms with E-state index in [1.165, 1.54) is 25.0 Å². The fourth-order valence-corrected chi connectivity index (χ4v) is 4.77. The fourth-order valence-electron chi connectivity index (χ4n) is 4.77. The van der Waals surface area contributed by atoms with Gasteiger partial charge < -0.3 is 13.9 Å². The van der Waals surface area contributed by atoms with Crippen LogP contribution in [0.25, 0.3) is 16.9 Å². The normalized spacial score (nSPS) is 15.5. The zero-order valence-corrected chi connectivity index (χ0v) is 19.4. The van der Waals surface area contributed by atoms with E-state index in [4.69, 9.17) is 14.5 Å². The van der Waals surface area contributed by atoms with Crippen LogP contribution in [0.5, 0.6) is 11.5 Å². The quantitative estimate of drug-likeness (QED) is 0.346. The van der Waals surface area contributed by atoms with Crippen LogP contribution in [0.3, 0.4) is 0 Å². The van der Waals surface area contributed by atoms with Crippen LogP contribution in [-0.4, -0.2) is 34.5 Å². The Labute approximate surface area is 195 Å². The first kappa shape index (κ1) is 21.5. The molecule has 1 atom stereocenters. The van der Waals surface area contributed by atoms with E-state index in [1.54, 1.807) is 7.11 Å². The van der Waals surface area contributed by atoms with Crippen molar-refractivity contribution in [2.75, 3.05) is 20.2 Å². The van der Waals surface area contributed by atoms with Crippen molar-refractivity contribution >= 4 is 5.65 Å². The van der Waals surface area contributed by atoms with Gasteiger partial charge in [-0.15, -0.1) is 0 Å². The van der Waals surface area contributed by atoms with Gasteiger partial charge in [0.25, 0.3) is 0 Å². The molecule has 3 heterocycles. The van der Waals surface area contributed by atoms with Crippen molar-refractivity contribution in [3.8, 4) is 22.8 Å². The minimum Gasteiger partial charge on any atom is -0.493 e. The van der Waals surface area contributed by atoms with Gasteiger partial charge in [-0.1, -0.05) is 42.8 Å². The standard InChI is InChI=1S/C28H31N3O2/c1-21(30-16-8-4-9-17-30)28-27(29-26-13-7-10-18-31(26)28)23-14-15-24(25(19-23)32-2)33-20-22-11-5-3-6-12-22/h3,5-7,10-15,18-19,21H,4,8-9,16-17,20H2,1-2H3. The fraction of sp³-hybridized carbons (Fsp3) is 0.321. The highest BCUT2D eigenvalue weighted by molar-refractivity contribution is 5.70. The summed E-state index contributed by atoms with van der Waals surface area (Å²) in [6.07, 6.45) is 5.97. The van der Waals surface area contributed by atoms with Crippen LogP contribution in [0.2, 0.25) is 0 Å². The molecular formula is C28H31N3O2. The van der Waals surface area contributed by atoms with Crippen LogP contribution in [-0.2, 0) is 6.61 Å². The lowest BCUT2D eigenvalue weighted by atomic mass is 10.0. The maximum atomic E-state index is 6.08. The number of ether oxygens (including phenoxy) is 2. The number of hydrogen-bond donors (Lipinski definition) is 0. The molecule has 0 saturated carbocycles. The van der Waals surface area contributed by atoms with Gasteiger partial charge in [-0.25, -0.2) is 4.98 Å². The van der Waals surface area contributed by atoms with Crippen LogP contribution in [0.1, 0.15) is 43.5 Å². The Morgan fingerprint density at radius 3 is 2.48 bits per heavy atom. The lowest BCUT2D eigenvalue weighted by Gasteiger charge is -2.32. The number of rotatable bonds is 7. The molecule has 1 aliphatic heterocycles. The highest BCUT2D eigenvalue weighted by Gasteiger charge is 2.26. The third-order valence-electron chi connectivity index (χ3n) is 6.58. The van der Waals surface area contributed by atoms with Gasteiger partial charge in [-0.3, -0.25) is 4.90 Å². The molecule has 1 saturated heterocycles. The largest absolute Gasteiger partial charge is 0.493 e.